The van der Waals surface area contributed by atoms with E-state index in [2.05, 4.69) is 115 Å². The van der Waals surface area contributed by atoms with Gasteiger partial charge in [-0.25, -0.2) is 13.7 Å². The number of nitrogens with zero attached hydrogens (tertiary/aromatic N) is 3. The van der Waals surface area contributed by atoms with E-state index in [-0.39, 0.29) is 24.4 Å². The van der Waals surface area contributed by atoms with Crippen molar-refractivity contribution in [3.63, 3.8) is 0 Å². The predicted octanol–water partition coefficient (Wildman–Crippen LogP) is 10.4. The maximum absolute atomic E-state index is 13.6. The van der Waals surface area contributed by atoms with Crippen LogP contribution in [0.1, 0.15) is 172 Å². The molecule has 0 saturated heterocycles. The van der Waals surface area contributed by atoms with Crippen LogP contribution in [-0.2, 0) is 62.3 Å². The quantitative estimate of drug-likeness (QED) is 0.0311. The summed E-state index contributed by atoms with van der Waals surface area (Å²) in [6.45, 7) is 20.9. The molecule has 0 aliphatic heterocycles. The summed E-state index contributed by atoms with van der Waals surface area (Å²) in [6, 6.07) is 14.1. The van der Waals surface area contributed by atoms with Crippen LogP contribution >= 0.6 is 0 Å². The fourth-order valence-electron chi connectivity index (χ4n) is 9.01. The molecule has 3 rings (SSSR count). The first-order valence-electron chi connectivity index (χ1n) is 28.0. The number of esters is 1. The summed E-state index contributed by atoms with van der Waals surface area (Å²) in [7, 11) is 1.65. The molecule has 71 heavy (non-hydrogen) atoms. The van der Waals surface area contributed by atoms with Crippen molar-refractivity contribution in [3.8, 4) is 0 Å². The van der Waals surface area contributed by atoms with Gasteiger partial charge in [-0.2, -0.15) is 0 Å². The fourth-order valence-corrected chi connectivity index (χ4v) is 9.01. The van der Waals surface area contributed by atoms with Crippen LogP contribution in [0.4, 0.5) is 0 Å². The summed E-state index contributed by atoms with van der Waals surface area (Å²) < 4.78 is 51.2. The molecule has 4 unspecified atom stereocenters. The monoisotopic (exact) mass is 995 g/mol. The van der Waals surface area contributed by atoms with Gasteiger partial charge in [0.2, 0.25) is 0 Å². The lowest BCUT2D eigenvalue weighted by atomic mass is 9.76. The Labute approximate surface area is 431 Å². The van der Waals surface area contributed by atoms with Crippen molar-refractivity contribution in [2.24, 2.45) is 5.92 Å². The minimum atomic E-state index is -0.273. The van der Waals surface area contributed by atoms with E-state index >= 15 is 0 Å². The molecule has 0 radical (unpaired) electrons. The maximum atomic E-state index is 13.6. The average molecular weight is 995 g/mol. The predicted molar refractivity (Wildman–Crippen MR) is 282 cm³/mol. The third-order valence-corrected chi connectivity index (χ3v) is 13.4. The van der Waals surface area contributed by atoms with Gasteiger partial charge in [-0.05, 0) is 79.4 Å². The first-order valence-corrected chi connectivity index (χ1v) is 28.0. The zero-order valence-electron chi connectivity index (χ0n) is 45.6. The molecule has 3 heterocycles. The Morgan fingerprint density at radius 2 is 0.718 bits per heavy atom. The zero-order valence-corrected chi connectivity index (χ0v) is 45.6. The lowest BCUT2D eigenvalue weighted by molar-refractivity contribution is -0.697. The van der Waals surface area contributed by atoms with Gasteiger partial charge >= 0.3 is 5.97 Å². The van der Waals surface area contributed by atoms with Gasteiger partial charge in [-0.1, -0.05) is 73.1 Å². The number of ether oxygens (including phenoxy) is 8. The molecule has 0 aromatic carbocycles. The topological polar surface area (TPSA) is 103 Å². The SMILES string of the molecule is CCCCCC[n+]1ccc(C(CC)CC(CC(CC(C)C(=O)OCCOCCOCCOCCOCCOCCOCCOC)c2cc[n+](CCCCCC)cc2)c2cc[n+](CCCCCC)cc2)cc1. The Hall–Kier alpha value is -3.36. The second-order valence-electron chi connectivity index (χ2n) is 19.2. The van der Waals surface area contributed by atoms with Gasteiger partial charge in [0.25, 0.3) is 0 Å². The fraction of sp³-hybridized carbons (Fsp3) is 0.729. The van der Waals surface area contributed by atoms with E-state index in [1.807, 2.05) is 6.92 Å². The van der Waals surface area contributed by atoms with E-state index in [0.29, 0.717) is 104 Å². The van der Waals surface area contributed by atoms with Crippen molar-refractivity contribution in [1.82, 2.24) is 0 Å². The number of pyridine rings is 3. The van der Waals surface area contributed by atoms with E-state index in [4.69, 9.17) is 37.9 Å². The van der Waals surface area contributed by atoms with Gasteiger partial charge < -0.3 is 37.9 Å². The Bertz CT molecular complexity index is 1680. The number of hydrogen-bond acceptors (Lipinski definition) is 9. The highest BCUT2D eigenvalue weighted by Gasteiger charge is 2.28. The molecule has 4 atom stereocenters. The molecule has 0 saturated carbocycles. The van der Waals surface area contributed by atoms with Crippen LogP contribution in [0, 0.1) is 5.92 Å². The van der Waals surface area contributed by atoms with Gasteiger partial charge in [0.1, 0.15) is 26.2 Å². The van der Waals surface area contributed by atoms with E-state index in [1.54, 1.807) is 7.11 Å². The molecule has 0 aliphatic rings. The summed E-state index contributed by atoms with van der Waals surface area (Å²) in [5, 5.41) is 0. The standard InChI is InChI=1S/C59H100N3O9/c1-7-11-14-17-26-60-29-20-54(21-30-60)53(10-4)50-58(56-24-33-62(34-25-56)28-19-16-13-9-3)51-57(55-22-31-61(32-23-55)27-18-15-12-8-2)49-52(5)59(63)71-48-47-70-46-45-69-44-43-68-42-41-67-40-39-66-38-37-65-36-35-64-6/h20-25,29-34,52-53,57-58H,7-19,26-28,35-51H2,1-6H3/q+3. The number of methoxy groups -OCH3 is 1. The minimum Gasteiger partial charge on any atom is -0.463 e. The molecule has 12 nitrogen and oxygen atoms in total. The molecule has 0 fully saturated rings. The van der Waals surface area contributed by atoms with Crippen LogP contribution in [0.5, 0.6) is 0 Å². The van der Waals surface area contributed by atoms with Gasteiger partial charge in [0.15, 0.2) is 37.2 Å². The molecule has 3 aromatic rings. The minimum absolute atomic E-state index is 0.171. The molecule has 0 aliphatic carbocycles. The first kappa shape index (κ1) is 61.9. The number of aromatic nitrogens is 3. The lowest BCUT2D eigenvalue weighted by Crippen LogP contribution is -2.33. The summed E-state index contributed by atoms with van der Waals surface area (Å²) in [6.07, 6.45) is 32.5. The van der Waals surface area contributed by atoms with E-state index in [1.165, 1.54) is 93.7 Å². The van der Waals surface area contributed by atoms with Crippen molar-refractivity contribution in [1.29, 1.82) is 0 Å². The highest BCUT2D eigenvalue weighted by Crippen LogP contribution is 2.40. The zero-order chi connectivity index (χ0) is 50.8. The van der Waals surface area contributed by atoms with Crippen LogP contribution < -0.4 is 13.7 Å². The molecule has 12 heteroatoms. The van der Waals surface area contributed by atoms with E-state index < -0.39 is 0 Å². The van der Waals surface area contributed by atoms with Crippen LogP contribution in [-0.4, -0.2) is 106 Å². The number of carbonyl (C=O) groups is 1. The first-order chi connectivity index (χ1) is 34.9. The van der Waals surface area contributed by atoms with Crippen LogP contribution in [0.2, 0.25) is 0 Å². The molecule has 0 N–H and O–H groups in total. The van der Waals surface area contributed by atoms with Gasteiger partial charge in [0.05, 0.1) is 91.8 Å². The van der Waals surface area contributed by atoms with E-state index in [0.717, 1.165) is 38.9 Å². The van der Waals surface area contributed by atoms with Gasteiger partial charge in [-0.15, -0.1) is 0 Å². The van der Waals surface area contributed by atoms with Crippen molar-refractivity contribution < 1.29 is 56.4 Å². The Morgan fingerprint density at radius 1 is 0.408 bits per heavy atom. The summed E-state index contributed by atoms with van der Waals surface area (Å²) in [4.78, 5) is 13.6. The third-order valence-electron chi connectivity index (χ3n) is 13.4. The van der Waals surface area contributed by atoms with Crippen molar-refractivity contribution in [3.05, 3.63) is 90.3 Å². The number of rotatable bonds is 47. The van der Waals surface area contributed by atoms with Crippen molar-refractivity contribution >= 4 is 5.97 Å². The Kier molecular flexibility index (Phi) is 36.7. The van der Waals surface area contributed by atoms with Crippen LogP contribution in [0.3, 0.4) is 0 Å². The molecule has 0 spiro atoms. The van der Waals surface area contributed by atoms with Gasteiger partial charge in [-0.3, -0.25) is 4.79 Å². The molecule has 0 bridgehead atoms. The summed E-state index contributed by atoms with van der Waals surface area (Å²) >= 11 is 0. The molecule has 0 amide bonds. The summed E-state index contributed by atoms with van der Waals surface area (Å²) in [5.74, 6) is 0.451. The Balaban J connectivity index is 1.58. The van der Waals surface area contributed by atoms with Crippen LogP contribution in [0.25, 0.3) is 0 Å². The second-order valence-corrected chi connectivity index (χ2v) is 19.2. The highest BCUT2D eigenvalue weighted by atomic mass is 16.6. The Morgan fingerprint density at radius 3 is 1.06 bits per heavy atom. The molecule has 3 aromatic heterocycles. The largest absolute Gasteiger partial charge is 0.463 e. The number of carbonyl (C=O) groups excluding carboxylic acids is 1. The lowest BCUT2D eigenvalue weighted by Gasteiger charge is -2.28. The smallest absolute Gasteiger partial charge is 0.308 e. The van der Waals surface area contributed by atoms with Crippen molar-refractivity contribution in [2.75, 3.05) is 99.6 Å². The number of hydrogen-bond donors (Lipinski definition) is 0. The number of unbranched alkanes of at least 4 members (excludes halogenated alkanes) is 9. The molecular formula is C59H100N3O9+3. The van der Waals surface area contributed by atoms with Gasteiger partial charge in [0, 0.05) is 62.8 Å². The van der Waals surface area contributed by atoms with Crippen molar-refractivity contribution in [2.45, 2.75) is 175 Å². The third kappa shape index (κ3) is 29.2. The summed E-state index contributed by atoms with van der Waals surface area (Å²) in [5.41, 5.74) is 4.08. The average Bonchev–Trinajstić information content (AvgIpc) is 3.39. The maximum Gasteiger partial charge on any atom is 0.308 e. The molecular weight excluding hydrogens is 895 g/mol. The highest BCUT2D eigenvalue weighted by molar-refractivity contribution is 5.72. The molecule has 402 valence electrons. The normalized spacial score (nSPS) is 13.3. The van der Waals surface area contributed by atoms with Crippen LogP contribution in [0.15, 0.2) is 73.6 Å². The second kappa shape index (κ2) is 42.0. The number of aryl methyl sites for hydroxylation is 3. The van der Waals surface area contributed by atoms with E-state index in [9.17, 15) is 4.79 Å².